The Bertz CT molecular complexity index is 521. The van der Waals surface area contributed by atoms with Gasteiger partial charge in [0.15, 0.2) is 0 Å². The maximum absolute atomic E-state index is 5.53. The minimum atomic E-state index is 0.576. The molecule has 0 radical (unpaired) electrons. The Morgan fingerprint density at radius 3 is 2.76 bits per heavy atom. The number of benzene rings is 1. The van der Waals surface area contributed by atoms with E-state index in [1.54, 1.807) is 12.4 Å². The van der Waals surface area contributed by atoms with Crippen molar-refractivity contribution in [2.45, 2.75) is 12.3 Å². The Kier molecular flexibility index (Phi) is 2.40. The van der Waals surface area contributed by atoms with Crippen LogP contribution in [0.3, 0.4) is 0 Å². The highest BCUT2D eigenvalue weighted by molar-refractivity contribution is 5.42. The number of fused-ring (bicyclic) bond motifs is 1. The molecule has 0 aliphatic heterocycles. The lowest BCUT2D eigenvalue weighted by molar-refractivity contribution is 0.633. The van der Waals surface area contributed by atoms with Crippen LogP contribution in [-0.4, -0.2) is 16.5 Å². The number of nitrogen functional groups attached to an aromatic ring is 1. The Hall–Kier alpha value is -2.10. The first kappa shape index (κ1) is 10.1. The van der Waals surface area contributed by atoms with E-state index in [1.807, 2.05) is 0 Å². The Labute approximate surface area is 99.9 Å². The maximum atomic E-state index is 5.53. The summed E-state index contributed by atoms with van der Waals surface area (Å²) in [5.41, 5.74) is 9.01. The van der Waals surface area contributed by atoms with Crippen molar-refractivity contribution in [2.75, 3.05) is 17.6 Å². The Balaban J connectivity index is 1.62. The third kappa shape index (κ3) is 1.93. The summed E-state index contributed by atoms with van der Waals surface area (Å²) < 4.78 is 0. The van der Waals surface area contributed by atoms with Crippen LogP contribution in [0.15, 0.2) is 36.7 Å². The number of nitrogens with one attached hydrogen (secondary N) is 1. The maximum Gasteiger partial charge on any atom is 0.222 e. The zero-order valence-electron chi connectivity index (χ0n) is 9.43. The summed E-state index contributed by atoms with van der Waals surface area (Å²) in [5, 5.41) is 3.24. The average molecular weight is 226 g/mol. The monoisotopic (exact) mass is 226 g/mol. The van der Waals surface area contributed by atoms with Crippen molar-refractivity contribution in [3.8, 4) is 0 Å². The molecule has 3 N–H and O–H groups in total. The number of nitrogens with zero attached hydrogens (tertiary/aromatic N) is 2. The first-order valence-electron chi connectivity index (χ1n) is 5.72. The van der Waals surface area contributed by atoms with Gasteiger partial charge in [-0.1, -0.05) is 24.3 Å². The van der Waals surface area contributed by atoms with E-state index in [-0.39, 0.29) is 0 Å². The highest BCUT2D eigenvalue weighted by Crippen LogP contribution is 2.34. The molecule has 0 saturated carbocycles. The van der Waals surface area contributed by atoms with Gasteiger partial charge in [0.05, 0.1) is 18.1 Å². The number of rotatable bonds is 3. The minimum Gasteiger partial charge on any atom is -0.396 e. The van der Waals surface area contributed by atoms with Gasteiger partial charge in [0, 0.05) is 12.5 Å². The van der Waals surface area contributed by atoms with E-state index >= 15 is 0 Å². The second kappa shape index (κ2) is 4.05. The Morgan fingerprint density at radius 2 is 2.00 bits per heavy atom. The summed E-state index contributed by atoms with van der Waals surface area (Å²) in [6, 6.07) is 8.55. The lowest BCUT2D eigenvalue weighted by atomic mass is 9.78. The van der Waals surface area contributed by atoms with Crippen molar-refractivity contribution in [1.82, 2.24) is 9.97 Å². The van der Waals surface area contributed by atoms with Crippen LogP contribution in [0.4, 0.5) is 11.6 Å². The van der Waals surface area contributed by atoms with Crippen LogP contribution >= 0.6 is 0 Å². The highest BCUT2D eigenvalue weighted by atomic mass is 15.1. The molecule has 2 aromatic rings. The van der Waals surface area contributed by atoms with Crippen molar-refractivity contribution in [3.63, 3.8) is 0 Å². The second-order valence-corrected chi connectivity index (χ2v) is 4.32. The summed E-state index contributed by atoms with van der Waals surface area (Å²) in [5.74, 6) is 1.22. The van der Waals surface area contributed by atoms with Crippen LogP contribution in [0.1, 0.15) is 17.0 Å². The Morgan fingerprint density at radius 1 is 1.24 bits per heavy atom. The van der Waals surface area contributed by atoms with Crippen molar-refractivity contribution in [2.24, 2.45) is 0 Å². The zero-order valence-corrected chi connectivity index (χ0v) is 9.43. The molecule has 1 heterocycles. The molecule has 0 saturated heterocycles. The van der Waals surface area contributed by atoms with Crippen LogP contribution in [0.25, 0.3) is 0 Å². The topological polar surface area (TPSA) is 63.8 Å². The molecule has 0 amide bonds. The molecular weight excluding hydrogens is 212 g/mol. The predicted octanol–water partition coefficient (Wildman–Crippen LogP) is 1.81. The molecule has 17 heavy (non-hydrogen) atoms. The number of hydrogen-bond donors (Lipinski definition) is 2. The van der Waals surface area contributed by atoms with E-state index in [9.17, 15) is 0 Å². The van der Waals surface area contributed by atoms with Gasteiger partial charge in [0.1, 0.15) is 0 Å². The minimum absolute atomic E-state index is 0.576. The van der Waals surface area contributed by atoms with Gasteiger partial charge in [-0.05, 0) is 17.5 Å². The third-order valence-electron chi connectivity index (χ3n) is 3.14. The summed E-state index contributed by atoms with van der Waals surface area (Å²) in [6.07, 6.45) is 4.37. The van der Waals surface area contributed by atoms with Gasteiger partial charge in [0.2, 0.25) is 5.95 Å². The average Bonchev–Trinajstić information content (AvgIpc) is 2.33. The molecule has 4 nitrogen and oxygen atoms in total. The van der Waals surface area contributed by atoms with Crippen LogP contribution in [0.2, 0.25) is 0 Å². The lowest BCUT2D eigenvalue weighted by Crippen LogP contribution is -2.24. The second-order valence-electron chi connectivity index (χ2n) is 4.32. The molecule has 0 bridgehead atoms. The molecule has 0 fully saturated rings. The predicted molar refractivity (Wildman–Crippen MR) is 67.8 cm³/mol. The van der Waals surface area contributed by atoms with Gasteiger partial charge < -0.3 is 11.1 Å². The van der Waals surface area contributed by atoms with Gasteiger partial charge in [0.25, 0.3) is 0 Å². The number of anilines is 2. The summed E-state index contributed by atoms with van der Waals surface area (Å²) in [7, 11) is 0. The van der Waals surface area contributed by atoms with Gasteiger partial charge in [-0.3, -0.25) is 0 Å². The van der Waals surface area contributed by atoms with E-state index in [1.165, 1.54) is 11.1 Å². The first-order valence-corrected chi connectivity index (χ1v) is 5.72. The van der Waals surface area contributed by atoms with Gasteiger partial charge >= 0.3 is 0 Å². The SMILES string of the molecule is Nc1cnc(NCC2Cc3ccccc32)nc1. The van der Waals surface area contributed by atoms with E-state index in [4.69, 9.17) is 5.73 Å². The van der Waals surface area contributed by atoms with Crippen molar-refractivity contribution in [3.05, 3.63) is 47.8 Å². The van der Waals surface area contributed by atoms with Crippen molar-refractivity contribution in [1.29, 1.82) is 0 Å². The van der Waals surface area contributed by atoms with Crippen LogP contribution < -0.4 is 11.1 Å². The number of hydrogen-bond acceptors (Lipinski definition) is 4. The third-order valence-corrected chi connectivity index (χ3v) is 3.14. The molecular formula is C13H14N4. The standard InChI is InChI=1S/C13H14N4/c14-11-7-16-13(17-8-11)15-6-10-5-9-3-1-2-4-12(9)10/h1-4,7-8,10H,5-6,14H2,(H,15,16,17). The molecule has 0 spiro atoms. The fourth-order valence-electron chi connectivity index (χ4n) is 2.19. The number of aromatic nitrogens is 2. The van der Waals surface area contributed by atoms with Gasteiger partial charge in [-0.25, -0.2) is 9.97 Å². The molecule has 3 rings (SSSR count). The molecule has 1 unspecified atom stereocenters. The first-order chi connectivity index (χ1) is 8.33. The zero-order chi connectivity index (χ0) is 11.7. The normalized spacial score (nSPS) is 17.1. The molecule has 1 aromatic heterocycles. The van der Waals surface area contributed by atoms with Crippen molar-refractivity contribution < 1.29 is 0 Å². The van der Waals surface area contributed by atoms with E-state index in [2.05, 4.69) is 39.6 Å². The van der Waals surface area contributed by atoms with Crippen LogP contribution in [-0.2, 0) is 6.42 Å². The molecule has 86 valence electrons. The van der Waals surface area contributed by atoms with Gasteiger partial charge in [-0.2, -0.15) is 0 Å². The largest absolute Gasteiger partial charge is 0.396 e. The fraction of sp³-hybridized carbons (Fsp3) is 0.231. The molecule has 1 atom stereocenters. The molecule has 4 heteroatoms. The van der Waals surface area contributed by atoms with Crippen LogP contribution in [0, 0.1) is 0 Å². The molecule has 1 aliphatic carbocycles. The highest BCUT2D eigenvalue weighted by Gasteiger charge is 2.24. The van der Waals surface area contributed by atoms with E-state index in [0.29, 0.717) is 17.6 Å². The van der Waals surface area contributed by atoms with Crippen LogP contribution in [0.5, 0.6) is 0 Å². The number of nitrogens with two attached hydrogens (primary N) is 1. The van der Waals surface area contributed by atoms with E-state index < -0.39 is 0 Å². The van der Waals surface area contributed by atoms with E-state index in [0.717, 1.165) is 13.0 Å². The fourth-order valence-corrected chi connectivity index (χ4v) is 2.19. The molecule has 1 aliphatic rings. The smallest absolute Gasteiger partial charge is 0.222 e. The van der Waals surface area contributed by atoms with Crippen molar-refractivity contribution >= 4 is 11.6 Å². The summed E-state index contributed by atoms with van der Waals surface area (Å²) in [6.45, 7) is 0.876. The molecule has 1 aromatic carbocycles. The lowest BCUT2D eigenvalue weighted by Gasteiger charge is -2.30. The van der Waals surface area contributed by atoms with Gasteiger partial charge in [-0.15, -0.1) is 0 Å². The summed E-state index contributed by atoms with van der Waals surface area (Å²) in [4.78, 5) is 8.23. The summed E-state index contributed by atoms with van der Waals surface area (Å²) >= 11 is 0. The quantitative estimate of drug-likeness (QED) is 0.837.